The first-order valence-corrected chi connectivity index (χ1v) is 14.0. The Kier molecular flexibility index (Phi) is 5.07. The number of nitrogens with zero attached hydrogens (tertiary/aromatic N) is 1. The molecular formula is C37H23NS. The molecule has 8 rings (SSSR count). The second-order valence-corrected chi connectivity index (χ2v) is 11.0. The van der Waals surface area contributed by atoms with Crippen LogP contribution in [0.4, 0.5) is 0 Å². The number of rotatable bonds is 3. The molecule has 0 saturated heterocycles. The third-order valence-corrected chi connectivity index (χ3v) is 8.93. The maximum absolute atomic E-state index is 4.83. The minimum absolute atomic E-state index is 1.05. The zero-order valence-electron chi connectivity index (χ0n) is 21.1. The molecule has 0 aliphatic carbocycles. The minimum Gasteiger partial charge on any atom is -0.256 e. The summed E-state index contributed by atoms with van der Waals surface area (Å²) in [5.74, 6) is 0. The van der Waals surface area contributed by atoms with Crippen LogP contribution in [0, 0.1) is 0 Å². The fourth-order valence-electron chi connectivity index (χ4n) is 5.92. The number of aromatic nitrogens is 1. The van der Waals surface area contributed by atoms with E-state index in [1.807, 2.05) is 23.6 Å². The van der Waals surface area contributed by atoms with Crippen LogP contribution in [0.2, 0.25) is 0 Å². The monoisotopic (exact) mass is 513 g/mol. The topological polar surface area (TPSA) is 12.9 Å². The van der Waals surface area contributed by atoms with Crippen molar-refractivity contribution in [3.63, 3.8) is 0 Å². The predicted octanol–water partition coefficient (Wildman–Crippen LogP) is 10.8. The standard InChI is InChI=1S/C37H23NS/c1-2-10-24(11-3-1)27-22-32(37-33(23-27)30-16-6-7-18-34(30)39-37)29-15-5-4-14-28(29)31-17-8-12-25-19-20-26-13-9-21-38-36(26)35(25)31/h1-23H. The molecule has 0 aliphatic heterocycles. The molecule has 39 heavy (non-hydrogen) atoms. The van der Waals surface area contributed by atoms with Gasteiger partial charge in [-0.3, -0.25) is 4.98 Å². The summed E-state index contributed by atoms with van der Waals surface area (Å²) in [6.45, 7) is 0. The lowest BCUT2D eigenvalue weighted by molar-refractivity contribution is 1.43. The molecule has 0 saturated carbocycles. The summed E-state index contributed by atoms with van der Waals surface area (Å²) in [6.07, 6.45) is 1.90. The van der Waals surface area contributed by atoms with Crippen molar-refractivity contribution in [1.29, 1.82) is 0 Å². The zero-order chi connectivity index (χ0) is 25.8. The average Bonchev–Trinajstić information content (AvgIpc) is 3.39. The Morgan fingerprint density at radius 2 is 1.18 bits per heavy atom. The Morgan fingerprint density at radius 1 is 0.462 bits per heavy atom. The van der Waals surface area contributed by atoms with Crippen LogP contribution in [0.5, 0.6) is 0 Å². The smallest absolute Gasteiger partial charge is 0.0786 e. The van der Waals surface area contributed by atoms with Gasteiger partial charge in [0.15, 0.2) is 0 Å². The normalized spacial score (nSPS) is 11.6. The minimum atomic E-state index is 1.05. The predicted molar refractivity (Wildman–Crippen MR) is 168 cm³/mol. The molecule has 8 aromatic rings. The first-order chi connectivity index (χ1) is 19.3. The Morgan fingerprint density at radius 3 is 2.08 bits per heavy atom. The van der Waals surface area contributed by atoms with Crippen LogP contribution in [0.15, 0.2) is 140 Å². The Hall–Kier alpha value is -4.79. The lowest BCUT2D eigenvalue weighted by Crippen LogP contribution is -1.90. The molecule has 0 bridgehead atoms. The van der Waals surface area contributed by atoms with Crippen molar-refractivity contribution in [2.75, 3.05) is 0 Å². The van der Waals surface area contributed by atoms with Crippen LogP contribution in [-0.4, -0.2) is 4.98 Å². The third-order valence-electron chi connectivity index (χ3n) is 7.71. The second kappa shape index (κ2) is 8.90. The molecule has 0 N–H and O–H groups in total. The highest BCUT2D eigenvalue weighted by Crippen LogP contribution is 2.46. The van der Waals surface area contributed by atoms with E-state index in [-0.39, 0.29) is 0 Å². The van der Waals surface area contributed by atoms with Crippen molar-refractivity contribution in [3.05, 3.63) is 140 Å². The van der Waals surface area contributed by atoms with Crippen molar-refractivity contribution in [3.8, 4) is 33.4 Å². The number of fused-ring (bicyclic) bond motifs is 6. The Balaban J connectivity index is 1.48. The number of benzene rings is 6. The van der Waals surface area contributed by atoms with Crippen molar-refractivity contribution in [2.24, 2.45) is 0 Å². The number of hydrogen-bond donors (Lipinski definition) is 0. The summed E-state index contributed by atoms with van der Waals surface area (Å²) in [5, 5.41) is 6.20. The molecule has 0 unspecified atom stereocenters. The zero-order valence-corrected chi connectivity index (χ0v) is 22.0. The van der Waals surface area contributed by atoms with Crippen molar-refractivity contribution >= 4 is 53.2 Å². The number of thiophene rings is 1. The molecule has 1 nitrogen and oxygen atoms in total. The Bertz CT molecular complexity index is 2170. The van der Waals surface area contributed by atoms with Gasteiger partial charge in [-0.25, -0.2) is 0 Å². The van der Waals surface area contributed by atoms with E-state index in [4.69, 9.17) is 4.98 Å². The number of hydrogen-bond acceptors (Lipinski definition) is 2. The molecule has 0 fully saturated rings. The van der Waals surface area contributed by atoms with E-state index < -0.39 is 0 Å². The van der Waals surface area contributed by atoms with Gasteiger partial charge in [-0.2, -0.15) is 0 Å². The van der Waals surface area contributed by atoms with Gasteiger partial charge < -0.3 is 0 Å². The fourth-order valence-corrected chi connectivity index (χ4v) is 7.13. The highest BCUT2D eigenvalue weighted by atomic mass is 32.1. The highest BCUT2D eigenvalue weighted by Gasteiger charge is 2.18. The maximum Gasteiger partial charge on any atom is 0.0786 e. The van der Waals surface area contributed by atoms with Crippen LogP contribution in [0.3, 0.4) is 0 Å². The van der Waals surface area contributed by atoms with Gasteiger partial charge >= 0.3 is 0 Å². The van der Waals surface area contributed by atoms with E-state index in [0.717, 1.165) is 10.9 Å². The maximum atomic E-state index is 4.83. The van der Waals surface area contributed by atoms with E-state index in [1.165, 1.54) is 64.3 Å². The Labute approximate surface area is 230 Å². The van der Waals surface area contributed by atoms with Gasteiger partial charge in [0.05, 0.1) is 5.52 Å². The summed E-state index contributed by atoms with van der Waals surface area (Å²) < 4.78 is 2.64. The summed E-state index contributed by atoms with van der Waals surface area (Å²) in [5.41, 5.74) is 8.47. The molecule has 0 atom stereocenters. The van der Waals surface area contributed by atoms with E-state index in [1.54, 1.807) is 0 Å². The van der Waals surface area contributed by atoms with Gasteiger partial charge in [0.25, 0.3) is 0 Å². The molecule has 0 spiro atoms. The third kappa shape index (κ3) is 3.57. The molecular weight excluding hydrogens is 490 g/mol. The van der Waals surface area contributed by atoms with E-state index >= 15 is 0 Å². The van der Waals surface area contributed by atoms with E-state index in [9.17, 15) is 0 Å². The van der Waals surface area contributed by atoms with Gasteiger partial charge in [-0.15, -0.1) is 11.3 Å². The van der Waals surface area contributed by atoms with Crippen molar-refractivity contribution in [1.82, 2.24) is 4.98 Å². The van der Waals surface area contributed by atoms with Gasteiger partial charge in [-0.1, -0.05) is 109 Å². The fraction of sp³-hybridized carbons (Fsp3) is 0. The summed E-state index contributed by atoms with van der Waals surface area (Å²) in [7, 11) is 0. The second-order valence-electron chi connectivity index (χ2n) is 9.95. The molecule has 2 aromatic heterocycles. The summed E-state index contributed by atoms with van der Waals surface area (Å²) >= 11 is 1.88. The van der Waals surface area contributed by atoms with Gasteiger partial charge in [-0.05, 0) is 57.5 Å². The summed E-state index contributed by atoms with van der Waals surface area (Å²) in [6, 6.07) is 48.2. The van der Waals surface area contributed by atoms with Crippen LogP contribution >= 0.6 is 11.3 Å². The lowest BCUT2D eigenvalue weighted by Gasteiger charge is -2.16. The largest absolute Gasteiger partial charge is 0.256 e. The molecule has 2 heteroatoms. The SMILES string of the molecule is c1ccc(-c2cc(-c3ccccc3-c3cccc4ccc5cccnc5c34)c3sc4ccccc4c3c2)cc1. The molecule has 6 aromatic carbocycles. The van der Waals surface area contributed by atoms with E-state index in [0.29, 0.717) is 0 Å². The molecule has 0 amide bonds. The van der Waals surface area contributed by atoms with E-state index in [2.05, 4.69) is 127 Å². The van der Waals surface area contributed by atoms with Gasteiger partial charge in [0.2, 0.25) is 0 Å². The van der Waals surface area contributed by atoms with Crippen molar-refractivity contribution in [2.45, 2.75) is 0 Å². The van der Waals surface area contributed by atoms with Crippen LogP contribution < -0.4 is 0 Å². The molecule has 2 heterocycles. The highest BCUT2D eigenvalue weighted by molar-refractivity contribution is 7.26. The lowest BCUT2D eigenvalue weighted by atomic mass is 9.88. The summed E-state index contributed by atoms with van der Waals surface area (Å²) in [4.78, 5) is 4.83. The molecule has 0 aliphatic rings. The van der Waals surface area contributed by atoms with Gasteiger partial charge in [0, 0.05) is 42.7 Å². The van der Waals surface area contributed by atoms with Crippen LogP contribution in [-0.2, 0) is 0 Å². The average molecular weight is 514 g/mol. The number of pyridine rings is 1. The van der Waals surface area contributed by atoms with Crippen LogP contribution in [0.1, 0.15) is 0 Å². The molecule has 0 radical (unpaired) electrons. The van der Waals surface area contributed by atoms with Gasteiger partial charge in [0.1, 0.15) is 0 Å². The van der Waals surface area contributed by atoms with Crippen molar-refractivity contribution < 1.29 is 0 Å². The quantitative estimate of drug-likeness (QED) is 0.214. The van der Waals surface area contributed by atoms with Crippen LogP contribution in [0.25, 0.3) is 75.2 Å². The first-order valence-electron chi connectivity index (χ1n) is 13.2. The molecule has 182 valence electrons. The first kappa shape index (κ1) is 22.2.